The number of carbonyl (C=O) groups excluding carboxylic acids is 1. The summed E-state index contributed by atoms with van der Waals surface area (Å²) in [5.74, 6) is 0.768. The fraction of sp³-hybridized carbons (Fsp3) is 0.368. The predicted molar refractivity (Wildman–Crippen MR) is 94.7 cm³/mol. The summed E-state index contributed by atoms with van der Waals surface area (Å²) in [5.41, 5.74) is 2.51. The van der Waals surface area contributed by atoms with Gasteiger partial charge in [-0.1, -0.05) is 19.1 Å². The number of ether oxygens (including phenoxy) is 1. The van der Waals surface area contributed by atoms with Gasteiger partial charge in [-0.25, -0.2) is 0 Å². The van der Waals surface area contributed by atoms with Crippen molar-refractivity contribution in [2.24, 2.45) is 0 Å². The molecule has 1 aliphatic rings. The molecule has 0 bridgehead atoms. The van der Waals surface area contributed by atoms with Gasteiger partial charge < -0.3 is 14.5 Å². The second-order valence-corrected chi connectivity index (χ2v) is 6.27. The molecule has 0 aliphatic carbocycles. The van der Waals surface area contributed by atoms with Crippen LogP contribution in [0.2, 0.25) is 0 Å². The van der Waals surface area contributed by atoms with Crippen molar-refractivity contribution in [3.05, 3.63) is 53.9 Å². The number of hydrogen-bond donors (Lipinski definition) is 0. The molecule has 0 saturated heterocycles. The Labute approximate surface area is 142 Å². The zero-order valence-electron chi connectivity index (χ0n) is 14.4. The fourth-order valence-electron chi connectivity index (χ4n) is 3.06. The van der Waals surface area contributed by atoms with Gasteiger partial charge in [-0.05, 0) is 44.3 Å². The van der Waals surface area contributed by atoms with E-state index in [0.29, 0.717) is 12.1 Å². The Morgan fingerprint density at radius 2 is 2.12 bits per heavy atom. The van der Waals surface area contributed by atoms with Crippen LogP contribution in [-0.4, -0.2) is 49.1 Å². The molecule has 0 N–H and O–H groups in total. The summed E-state index contributed by atoms with van der Waals surface area (Å²) in [6, 6.07) is 9.53. The number of amides is 1. The monoisotopic (exact) mass is 325 g/mol. The quantitative estimate of drug-likeness (QED) is 0.867. The van der Waals surface area contributed by atoms with Crippen LogP contribution in [0.5, 0.6) is 5.75 Å². The van der Waals surface area contributed by atoms with Crippen LogP contribution in [-0.2, 0) is 6.42 Å². The number of likely N-dealkylation sites (N-methyl/N-ethyl adjacent to an activating group) is 1. The molecule has 0 fully saturated rings. The van der Waals surface area contributed by atoms with Crippen molar-refractivity contribution in [2.45, 2.75) is 19.4 Å². The molecule has 1 amide bonds. The lowest BCUT2D eigenvalue weighted by molar-refractivity contribution is 0.0940. The van der Waals surface area contributed by atoms with Gasteiger partial charge in [-0.2, -0.15) is 0 Å². The number of hydrogen-bond acceptors (Lipinski definition) is 4. The van der Waals surface area contributed by atoms with Crippen LogP contribution in [0.3, 0.4) is 0 Å². The molecule has 1 aliphatic heterocycles. The maximum Gasteiger partial charge on any atom is 0.258 e. The molecule has 2 heterocycles. The van der Waals surface area contributed by atoms with E-state index >= 15 is 0 Å². The molecular formula is C19H23N3O2. The minimum absolute atomic E-state index is 0.00811. The Hall–Kier alpha value is -2.40. The Kier molecular flexibility index (Phi) is 4.81. The van der Waals surface area contributed by atoms with Crippen molar-refractivity contribution in [1.29, 1.82) is 0 Å². The standard InChI is InChI=1S/C19H23N3O2/c1-4-14-11-20-10-9-16(14)19(23)22-13-15(12-21(2)3)24-18-8-6-5-7-17(18)22/h5-11,15H,4,12-13H2,1-3H3. The molecule has 1 aromatic carbocycles. The van der Waals surface area contributed by atoms with Crippen LogP contribution in [0.1, 0.15) is 22.8 Å². The van der Waals surface area contributed by atoms with Crippen LogP contribution >= 0.6 is 0 Å². The highest BCUT2D eigenvalue weighted by atomic mass is 16.5. The summed E-state index contributed by atoms with van der Waals surface area (Å²) in [6.07, 6.45) is 4.18. The van der Waals surface area contributed by atoms with Crippen LogP contribution in [0.4, 0.5) is 5.69 Å². The summed E-state index contributed by atoms with van der Waals surface area (Å²) >= 11 is 0. The third-order valence-corrected chi connectivity index (χ3v) is 4.16. The maximum absolute atomic E-state index is 13.2. The van der Waals surface area contributed by atoms with Crippen molar-refractivity contribution < 1.29 is 9.53 Å². The Morgan fingerprint density at radius 1 is 1.33 bits per heavy atom. The van der Waals surface area contributed by atoms with Crippen LogP contribution in [0, 0.1) is 0 Å². The van der Waals surface area contributed by atoms with E-state index < -0.39 is 0 Å². The first-order chi connectivity index (χ1) is 11.6. The number of fused-ring (bicyclic) bond motifs is 1. The predicted octanol–water partition coefficient (Wildman–Crippen LogP) is 2.61. The van der Waals surface area contributed by atoms with E-state index in [0.717, 1.165) is 30.0 Å². The largest absolute Gasteiger partial charge is 0.485 e. The molecule has 24 heavy (non-hydrogen) atoms. The summed E-state index contributed by atoms with van der Waals surface area (Å²) in [6.45, 7) is 3.34. The lowest BCUT2D eigenvalue weighted by Crippen LogP contribution is -2.47. The maximum atomic E-state index is 13.2. The van der Waals surface area contributed by atoms with Crippen LogP contribution in [0.25, 0.3) is 0 Å². The first-order valence-electron chi connectivity index (χ1n) is 8.25. The fourth-order valence-corrected chi connectivity index (χ4v) is 3.06. The first kappa shape index (κ1) is 16.5. The van der Waals surface area contributed by atoms with Crippen LogP contribution in [0.15, 0.2) is 42.7 Å². The minimum Gasteiger partial charge on any atom is -0.485 e. The highest BCUT2D eigenvalue weighted by Crippen LogP contribution is 2.34. The number of aryl methyl sites for hydroxylation is 1. The van der Waals surface area contributed by atoms with Crippen molar-refractivity contribution in [2.75, 3.05) is 32.1 Å². The summed E-state index contributed by atoms with van der Waals surface area (Å²) < 4.78 is 6.07. The number of benzene rings is 1. The number of carbonyl (C=O) groups is 1. The molecule has 5 heteroatoms. The van der Waals surface area contributed by atoms with E-state index in [9.17, 15) is 4.79 Å². The number of para-hydroxylation sites is 2. The minimum atomic E-state index is -0.0502. The second-order valence-electron chi connectivity index (χ2n) is 6.27. The van der Waals surface area contributed by atoms with E-state index in [1.807, 2.05) is 50.2 Å². The highest BCUT2D eigenvalue weighted by molar-refractivity contribution is 6.08. The SMILES string of the molecule is CCc1cnccc1C(=O)N1CC(CN(C)C)Oc2ccccc21. The molecular weight excluding hydrogens is 302 g/mol. The second kappa shape index (κ2) is 7.01. The lowest BCUT2D eigenvalue weighted by atomic mass is 10.1. The number of nitrogens with zero attached hydrogens (tertiary/aromatic N) is 3. The molecule has 3 rings (SSSR count). The van der Waals surface area contributed by atoms with Crippen molar-refractivity contribution >= 4 is 11.6 Å². The van der Waals surface area contributed by atoms with Gasteiger partial charge in [0.1, 0.15) is 11.9 Å². The van der Waals surface area contributed by atoms with Crippen molar-refractivity contribution in [3.8, 4) is 5.75 Å². The molecule has 0 spiro atoms. The van der Waals surface area contributed by atoms with Gasteiger partial charge in [-0.15, -0.1) is 0 Å². The first-order valence-corrected chi connectivity index (χ1v) is 8.25. The number of rotatable bonds is 4. The van der Waals surface area contributed by atoms with Gasteiger partial charge in [-0.3, -0.25) is 9.78 Å². The molecule has 1 atom stereocenters. The van der Waals surface area contributed by atoms with E-state index in [2.05, 4.69) is 9.88 Å². The zero-order valence-corrected chi connectivity index (χ0v) is 14.4. The third-order valence-electron chi connectivity index (χ3n) is 4.16. The van der Waals surface area contributed by atoms with E-state index in [1.165, 1.54) is 0 Å². The Morgan fingerprint density at radius 3 is 2.88 bits per heavy atom. The molecule has 0 radical (unpaired) electrons. The molecule has 2 aromatic rings. The molecule has 1 unspecified atom stereocenters. The van der Waals surface area contributed by atoms with Crippen molar-refractivity contribution in [3.63, 3.8) is 0 Å². The topological polar surface area (TPSA) is 45.7 Å². The van der Waals surface area contributed by atoms with E-state index in [1.54, 1.807) is 18.5 Å². The summed E-state index contributed by atoms with van der Waals surface area (Å²) in [4.78, 5) is 21.3. The van der Waals surface area contributed by atoms with Gasteiger partial charge in [0.25, 0.3) is 5.91 Å². The van der Waals surface area contributed by atoms with Gasteiger partial charge in [0.05, 0.1) is 12.2 Å². The summed E-state index contributed by atoms with van der Waals surface area (Å²) in [5, 5.41) is 0. The van der Waals surface area contributed by atoms with Gasteiger partial charge >= 0.3 is 0 Å². The lowest BCUT2D eigenvalue weighted by Gasteiger charge is -2.36. The van der Waals surface area contributed by atoms with E-state index in [-0.39, 0.29) is 12.0 Å². The summed E-state index contributed by atoms with van der Waals surface area (Å²) in [7, 11) is 4.02. The molecule has 126 valence electrons. The highest BCUT2D eigenvalue weighted by Gasteiger charge is 2.31. The molecule has 0 saturated carbocycles. The average Bonchev–Trinajstić information content (AvgIpc) is 2.59. The zero-order chi connectivity index (χ0) is 17.1. The normalized spacial score (nSPS) is 16.7. The average molecular weight is 325 g/mol. The number of pyridine rings is 1. The smallest absolute Gasteiger partial charge is 0.258 e. The van der Waals surface area contributed by atoms with Gasteiger partial charge in [0, 0.05) is 24.5 Å². The van der Waals surface area contributed by atoms with Crippen molar-refractivity contribution in [1.82, 2.24) is 9.88 Å². The Balaban J connectivity index is 1.97. The number of aromatic nitrogens is 1. The van der Waals surface area contributed by atoms with Gasteiger partial charge in [0.2, 0.25) is 0 Å². The number of anilines is 1. The van der Waals surface area contributed by atoms with E-state index in [4.69, 9.17) is 4.74 Å². The van der Waals surface area contributed by atoms with Crippen LogP contribution < -0.4 is 9.64 Å². The molecule has 5 nitrogen and oxygen atoms in total. The third kappa shape index (κ3) is 3.26. The Bertz CT molecular complexity index is 730. The van der Waals surface area contributed by atoms with Gasteiger partial charge in [0.15, 0.2) is 0 Å². The molecule has 1 aromatic heterocycles.